The zero-order chi connectivity index (χ0) is 12.5. The molecular weight excluding hydrogens is 264 g/mol. The average Bonchev–Trinajstić information content (AvgIpc) is 2.25. The van der Waals surface area contributed by atoms with Crippen LogP contribution in [0.3, 0.4) is 0 Å². The molecule has 0 unspecified atom stereocenters. The maximum Gasteiger partial charge on any atom is 0.333 e. The van der Waals surface area contributed by atoms with Crippen LogP contribution in [0, 0.1) is 0 Å². The molecule has 0 saturated carbocycles. The molecule has 0 aromatic carbocycles. The zero-order valence-corrected chi connectivity index (χ0v) is 10.7. The maximum atomic E-state index is 10.7. The third-order valence-corrected chi connectivity index (χ3v) is 3.48. The number of rotatable bonds is 3. The van der Waals surface area contributed by atoms with Crippen LogP contribution in [0.2, 0.25) is 5.15 Å². The number of nitrogens with two attached hydrogens (primary N) is 1. The van der Waals surface area contributed by atoms with E-state index in [-0.39, 0.29) is 11.8 Å². The summed E-state index contributed by atoms with van der Waals surface area (Å²) < 4.78 is 25.9. The summed E-state index contributed by atoms with van der Waals surface area (Å²) >= 11 is 5.96. The fourth-order valence-electron chi connectivity index (χ4n) is 1.90. The van der Waals surface area contributed by atoms with E-state index in [1.807, 2.05) is 6.07 Å². The zero-order valence-electron chi connectivity index (χ0n) is 9.15. The molecule has 1 aliphatic carbocycles. The van der Waals surface area contributed by atoms with E-state index in [2.05, 4.69) is 9.17 Å². The molecule has 5 nitrogen and oxygen atoms in total. The molecule has 17 heavy (non-hydrogen) atoms. The highest BCUT2D eigenvalue weighted by molar-refractivity contribution is 7.84. The van der Waals surface area contributed by atoms with Crippen molar-refractivity contribution in [2.24, 2.45) is 5.14 Å². The number of nitrogens with zero attached hydrogens (tertiary/aromatic N) is 1. The van der Waals surface area contributed by atoms with Crippen LogP contribution in [-0.2, 0) is 33.9 Å². The van der Waals surface area contributed by atoms with E-state index >= 15 is 0 Å². The Morgan fingerprint density at radius 1 is 1.41 bits per heavy atom. The van der Waals surface area contributed by atoms with Crippen LogP contribution in [0.1, 0.15) is 29.7 Å². The minimum absolute atomic E-state index is 0.169. The molecule has 94 valence electrons. The van der Waals surface area contributed by atoms with Crippen molar-refractivity contribution in [1.82, 2.24) is 4.98 Å². The third kappa shape index (κ3) is 3.38. The van der Waals surface area contributed by atoms with Gasteiger partial charge in [0.15, 0.2) is 0 Å². The fourth-order valence-corrected chi connectivity index (χ4v) is 2.41. The van der Waals surface area contributed by atoms with Gasteiger partial charge in [0.25, 0.3) is 0 Å². The SMILES string of the molecule is NS(=O)(=O)OCc1cc2c(nc1Cl)CCCC2. The summed E-state index contributed by atoms with van der Waals surface area (Å²) in [5.74, 6) is 0. The van der Waals surface area contributed by atoms with Gasteiger partial charge in [-0.15, -0.1) is 0 Å². The van der Waals surface area contributed by atoms with Crippen molar-refractivity contribution in [3.8, 4) is 0 Å². The number of fused-ring (bicyclic) bond motifs is 1. The lowest BCUT2D eigenvalue weighted by Gasteiger charge is -2.16. The Balaban J connectivity index is 2.23. The van der Waals surface area contributed by atoms with E-state index in [1.54, 1.807) is 0 Å². The Morgan fingerprint density at radius 2 is 2.12 bits per heavy atom. The number of aryl methyl sites for hydroxylation is 2. The van der Waals surface area contributed by atoms with Gasteiger partial charge in [-0.1, -0.05) is 11.6 Å². The first-order valence-electron chi connectivity index (χ1n) is 5.30. The van der Waals surface area contributed by atoms with Gasteiger partial charge < -0.3 is 0 Å². The molecule has 1 heterocycles. The van der Waals surface area contributed by atoms with Gasteiger partial charge in [-0.25, -0.2) is 10.1 Å². The van der Waals surface area contributed by atoms with Gasteiger partial charge in [-0.3, -0.25) is 4.18 Å². The van der Waals surface area contributed by atoms with Gasteiger partial charge in [0.1, 0.15) is 5.15 Å². The van der Waals surface area contributed by atoms with Crippen LogP contribution >= 0.6 is 11.6 Å². The summed E-state index contributed by atoms with van der Waals surface area (Å²) in [5.41, 5.74) is 2.68. The quantitative estimate of drug-likeness (QED) is 0.845. The number of halogens is 1. The Labute approximate surface area is 105 Å². The van der Waals surface area contributed by atoms with Gasteiger partial charge in [0.05, 0.1) is 6.61 Å². The van der Waals surface area contributed by atoms with Crippen LogP contribution in [0.15, 0.2) is 6.07 Å². The summed E-state index contributed by atoms with van der Waals surface area (Å²) in [4.78, 5) is 4.26. The van der Waals surface area contributed by atoms with Crippen molar-refractivity contribution in [1.29, 1.82) is 0 Å². The first-order valence-corrected chi connectivity index (χ1v) is 7.15. The number of hydrogen-bond acceptors (Lipinski definition) is 4. The second kappa shape index (κ2) is 4.89. The van der Waals surface area contributed by atoms with Crippen LogP contribution in [0.4, 0.5) is 0 Å². The lowest BCUT2D eigenvalue weighted by Crippen LogP contribution is -2.16. The second-order valence-electron chi connectivity index (χ2n) is 4.01. The summed E-state index contributed by atoms with van der Waals surface area (Å²) in [5, 5.41) is 5.04. The van der Waals surface area contributed by atoms with Crippen molar-refractivity contribution >= 4 is 21.9 Å². The normalized spacial score (nSPS) is 15.6. The molecule has 1 aromatic rings. The molecule has 0 atom stereocenters. The Morgan fingerprint density at radius 3 is 2.82 bits per heavy atom. The monoisotopic (exact) mass is 276 g/mol. The highest BCUT2D eigenvalue weighted by Crippen LogP contribution is 2.25. The Kier molecular flexibility index (Phi) is 3.67. The largest absolute Gasteiger partial charge is 0.333 e. The molecule has 1 aliphatic rings. The molecule has 0 amide bonds. The van der Waals surface area contributed by atoms with E-state index in [0.29, 0.717) is 5.56 Å². The van der Waals surface area contributed by atoms with Gasteiger partial charge >= 0.3 is 10.3 Å². The predicted molar refractivity (Wildman–Crippen MR) is 63.8 cm³/mol. The van der Waals surface area contributed by atoms with Crippen LogP contribution in [-0.4, -0.2) is 13.4 Å². The molecular formula is C10H13ClN2O3S. The van der Waals surface area contributed by atoms with Crippen LogP contribution < -0.4 is 5.14 Å². The molecule has 2 N–H and O–H groups in total. The standard InChI is InChI=1S/C10H13ClN2O3S/c11-10-8(6-16-17(12,14)15)5-7-3-1-2-4-9(7)13-10/h5H,1-4,6H2,(H2,12,14,15). The lowest BCUT2D eigenvalue weighted by molar-refractivity contribution is 0.308. The topological polar surface area (TPSA) is 82.3 Å². The van der Waals surface area contributed by atoms with Crippen molar-refractivity contribution in [3.63, 3.8) is 0 Å². The fraction of sp³-hybridized carbons (Fsp3) is 0.500. The van der Waals surface area contributed by atoms with E-state index in [0.717, 1.165) is 36.9 Å². The average molecular weight is 277 g/mol. The summed E-state index contributed by atoms with van der Waals surface area (Å²) in [7, 11) is -3.95. The summed E-state index contributed by atoms with van der Waals surface area (Å²) in [6, 6.07) is 1.86. The predicted octanol–water partition coefficient (Wildman–Crippen LogP) is 1.33. The molecule has 0 fully saturated rings. The van der Waals surface area contributed by atoms with E-state index in [9.17, 15) is 8.42 Å². The van der Waals surface area contributed by atoms with E-state index in [1.165, 1.54) is 0 Å². The first-order chi connectivity index (χ1) is 7.96. The minimum Gasteiger partial charge on any atom is -0.253 e. The smallest absolute Gasteiger partial charge is 0.253 e. The van der Waals surface area contributed by atoms with Gasteiger partial charge in [-0.2, -0.15) is 8.42 Å². The van der Waals surface area contributed by atoms with Crippen LogP contribution in [0.5, 0.6) is 0 Å². The molecule has 7 heteroatoms. The molecule has 0 aliphatic heterocycles. The molecule has 0 saturated heterocycles. The minimum atomic E-state index is -3.95. The highest BCUT2D eigenvalue weighted by atomic mass is 35.5. The van der Waals surface area contributed by atoms with Crippen molar-refractivity contribution in [2.45, 2.75) is 32.3 Å². The molecule has 1 aromatic heterocycles. The summed E-state index contributed by atoms with van der Waals surface area (Å²) in [6.45, 7) is -0.169. The van der Waals surface area contributed by atoms with E-state index in [4.69, 9.17) is 16.7 Å². The second-order valence-corrected chi connectivity index (χ2v) is 5.59. The first kappa shape index (κ1) is 12.8. The Bertz CT molecular complexity index is 531. The van der Waals surface area contributed by atoms with Crippen LogP contribution in [0.25, 0.3) is 0 Å². The highest BCUT2D eigenvalue weighted by Gasteiger charge is 2.15. The van der Waals surface area contributed by atoms with Crippen molar-refractivity contribution in [3.05, 3.63) is 28.0 Å². The maximum absolute atomic E-state index is 10.7. The lowest BCUT2D eigenvalue weighted by atomic mass is 9.95. The third-order valence-electron chi connectivity index (χ3n) is 2.71. The van der Waals surface area contributed by atoms with Gasteiger partial charge in [-0.05, 0) is 37.3 Å². The molecule has 0 bridgehead atoms. The number of aromatic nitrogens is 1. The van der Waals surface area contributed by atoms with Gasteiger partial charge in [0, 0.05) is 11.3 Å². The summed E-state index contributed by atoms with van der Waals surface area (Å²) in [6.07, 6.45) is 4.10. The van der Waals surface area contributed by atoms with Gasteiger partial charge in [0.2, 0.25) is 0 Å². The number of pyridine rings is 1. The van der Waals surface area contributed by atoms with E-state index < -0.39 is 10.3 Å². The molecule has 2 rings (SSSR count). The van der Waals surface area contributed by atoms with Crippen molar-refractivity contribution in [2.75, 3.05) is 0 Å². The Hall–Kier alpha value is -0.690. The molecule has 0 radical (unpaired) electrons. The number of hydrogen-bond donors (Lipinski definition) is 1. The van der Waals surface area contributed by atoms with Crippen molar-refractivity contribution < 1.29 is 12.6 Å². The molecule has 0 spiro atoms.